The van der Waals surface area contributed by atoms with Gasteiger partial charge in [0.15, 0.2) is 0 Å². The van der Waals surface area contributed by atoms with Gasteiger partial charge in [-0.1, -0.05) is 41.1 Å². The smallest absolute Gasteiger partial charge is 0.104 e. The highest BCUT2D eigenvalue weighted by atomic mass is 79.9. The van der Waals surface area contributed by atoms with Crippen LogP contribution in [-0.4, -0.2) is 6.54 Å². The van der Waals surface area contributed by atoms with Crippen LogP contribution in [-0.2, 0) is 11.8 Å². The Hall–Kier alpha value is -1.06. The van der Waals surface area contributed by atoms with Crippen molar-refractivity contribution in [2.24, 2.45) is 5.73 Å². The maximum Gasteiger partial charge on any atom is 0.104 e. The first-order valence-corrected chi connectivity index (χ1v) is 6.42. The fourth-order valence-corrected chi connectivity index (χ4v) is 2.79. The second kappa shape index (κ2) is 5.07. The Morgan fingerprint density at radius 2 is 2.00 bits per heavy atom. The van der Waals surface area contributed by atoms with E-state index in [1.54, 1.807) is 6.26 Å². The van der Waals surface area contributed by atoms with Crippen LogP contribution in [0, 0.1) is 0 Å². The lowest BCUT2D eigenvalue weighted by Gasteiger charge is -2.28. The summed E-state index contributed by atoms with van der Waals surface area (Å²) in [6.07, 6.45) is 2.51. The van der Waals surface area contributed by atoms with Gasteiger partial charge in [-0.15, -0.1) is 0 Å². The number of halogens is 1. The summed E-state index contributed by atoms with van der Waals surface area (Å²) in [5, 5.41) is 0. The molecule has 0 bridgehead atoms. The summed E-state index contributed by atoms with van der Waals surface area (Å²) >= 11 is 3.59. The maximum absolute atomic E-state index is 5.96. The highest BCUT2D eigenvalue weighted by molar-refractivity contribution is 9.10. The molecule has 0 fully saturated rings. The molecule has 2 rings (SSSR count). The van der Waals surface area contributed by atoms with Gasteiger partial charge in [0.05, 0.1) is 6.26 Å². The van der Waals surface area contributed by atoms with Gasteiger partial charge in [-0.05, 0) is 23.8 Å². The number of benzene rings is 1. The standard InChI is InChI=1S/C14H16BrNO/c1-14(10-16,9-11-5-4-8-17-11)12-6-2-3-7-13(12)15/h2-8H,9-10,16H2,1H3. The summed E-state index contributed by atoms with van der Waals surface area (Å²) in [6.45, 7) is 2.74. The first-order valence-electron chi connectivity index (χ1n) is 5.63. The summed E-state index contributed by atoms with van der Waals surface area (Å²) < 4.78 is 6.52. The van der Waals surface area contributed by atoms with Gasteiger partial charge in [0, 0.05) is 22.9 Å². The second-order valence-corrected chi connectivity index (χ2v) is 5.36. The van der Waals surface area contributed by atoms with Crippen LogP contribution in [0.1, 0.15) is 18.2 Å². The molecule has 90 valence electrons. The molecule has 1 unspecified atom stereocenters. The van der Waals surface area contributed by atoms with Crippen LogP contribution in [0.2, 0.25) is 0 Å². The summed E-state index contributed by atoms with van der Waals surface area (Å²) in [7, 11) is 0. The van der Waals surface area contributed by atoms with Crippen molar-refractivity contribution in [2.75, 3.05) is 6.54 Å². The van der Waals surface area contributed by atoms with Crippen molar-refractivity contribution in [1.29, 1.82) is 0 Å². The molecule has 2 N–H and O–H groups in total. The summed E-state index contributed by atoms with van der Waals surface area (Å²) in [4.78, 5) is 0. The van der Waals surface area contributed by atoms with Crippen LogP contribution in [0.15, 0.2) is 51.6 Å². The Labute approximate surface area is 110 Å². The van der Waals surface area contributed by atoms with E-state index in [-0.39, 0.29) is 5.41 Å². The van der Waals surface area contributed by atoms with Crippen LogP contribution in [0.5, 0.6) is 0 Å². The third-order valence-corrected chi connectivity index (χ3v) is 3.81. The minimum Gasteiger partial charge on any atom is -0.469 e. The van der Waals surface area contributed by atoms with Crippen molar-refractivity contribution >= 4 is 15.9 Å². The van der Waals surface area contributed by atoms with Gasteiger partial charge in [-0.25, -0.2) is 0 Å². The minimum absolute atomic E-state index is 0.113. The van der Waals surface area contributed by atoms with Crippen LogP contribution >= 0.6 is 15.9 Å². The highest BCUT2D eigenvalue weighted by Gasteiger charge is 2.28. The molecule has 1 aromatic heterocycles. The van der Waals surface area contributed by atoms with Crippen molar-refractivity contribution in [1.82, 2.24) is 0 Å². The molecule has 17 heavy (non-hydrogen) atoms. The van der Waals surface area contributed by atoms with Crippen molar-refractivity contribution in [2.45, 2.75) is 18.8 Å². The SMILES string of the molecule is CC(CN)(Cc1ccco1)c1ccccc1Br. The predicted molar refractivity (Wildman–Crippen MR) is 73.0 cm³/mol. The Morgan fingerprint density at radius 3 is 2.59 bits per heavy atom. The fourth-order valence-electron chi connectivity index (χ4n) is 2.03. The molecule has 0 saturated carbocycles. The molecule has 0 spiro atoms. The Balaban J connectivity index is 2.34. The quantitative estimate of drug-likeness (QED) is 0.937. The third-order valence-electron chi connectivity index (χ3n) is 3.12. The van der Waals surface area contributed by atoms with Crippen LogP contribution in [0.3, 0.4) is 0 Å². The molecule has 1 atom stereocenters. The molecular weight excluding hydrogens is 278 g/mol. The number of hydrogen-bond acceptors (Lipinski definition) is 2. The van der Waals surface area contributed by atoms with E-state index in [9.17, 15) is 0 Å². The molecule has 1 aromatic carbocycles. The zero-order valence-corrected chi connectivity index (χ0v) is 11.4. The first-order chi connectivity index (χ1) is 8.15. The van der Waals surface area contributed by atoms with E-state index in [2.05, 4.69) is 28.9 Å². The van der Waals surface area contributed by atoms with E-state index in [1.165, 1.54) is 5.56 Å². The van der Waals surface area contributed by atoms with Gasteiger partial charge in [0.1, 0.15) is 5.76 Å². The largest absolute Gasteiger partial charge is 0.469 e. The summed E-state index contributed by atoms with van der Waals surface area (Å²) in [6, 6.07) is 12.1. The van der Waals surface area contributed by atoms with Gasteiger partial charge >= 0.3 is 0 Å². The predicted octanol–water partition coefficient (Wildman–Crippen LogP) is 3.50. The van der Waals surface area contributed by atoms with E-state index in [0.29, 0.717) is 6.54 Å². The van der Waals surface area contributed by atoms with Gasteiger partial charge < -0.3 is 10.2 Å². The number of furan rings is 1. The second-order valence-electron chi connectivity index (χ2n) is 4.50. The van der Waals surface area contributed by atoms with E-state index in [4.69, 9.17) is 10.2 Å². The molecule has 1 heterocycles. The topological polar surface area (TPSA) is 39.2 Å². The Kier molecular flexibility index (Phi) is 3.69. The monoisotopic (exact) mass is 293 g/mol. The van der Waals surface area contributed by atoms with Crippen LogP contribution in [0.25, 0.3) is 0 Å². The lowest BCUT2D eigenvalue weighted by Crippen LogP contribution is -2.34. The molecule has 0 aliphatic heterocycles. The average molecular weight is 294 g/mol. The van der Waals surface area contributed by atoms with Gasteiger partial charge in [0.25, 0.3) is 0 Å². The molecule has 3 heteroatoms. The Morgan fingerprint density at radius 1 is 1.24 bits per heavy atom. The third kappa shape index (κ3) is 2.61. The lowest BCUT2D eigenvalue weighted by molar-refractivity contribution is 0.411. The van der Waals surface area contributed by atoms with Gasteiger partial charge in [-0.2, -0.15) is 0 Å². The first kappa shape index (κ1) is 12.4. The zero-order valence-electron chi connectivity index (χ0n) is 9.82. The minimum atomic E-state index is -0.113. The van der Waals surface area contributed by atoms with Crippen LogP contribution < -0.4 is 5.73 Å². The van der Waals surface area contributed by atoms with Crippen molar-refractivity contribution in [3.05, 3.63) is 58.5 Å². The molecule has 0 aliphatic rings. The number of hydrogen-bond donors (Lipinski definition) is 1. The van der Waals surface area contributed by atoms with Crippen molar-refractivity contribution in [3.63, 3.8) is 0 Å². The molecular formula is C14H16BrNO. The Bertz CT molecular complexity index is 481. The maximum atomic E-state index is 5.96. The van der Waals surface area contributed by atoms with Crippen LogP contribution in [0.4, 0.5) is 0 Å². The summed E-state index contributed by atoms with van der Waals surface area (Å²) in [5.74, 6) is 0.966. The van der Waals surface area contributed by atoms with Crippen molar-refractivity contribution < 1.29 is 4.42 Å². The van der Waals surface area contributed by atoms with E-state index in [1.807, 2.05) is 30.3 Å². The van der Waals surface area contributed by atoms with E-state index >= 15 is 0 Å². The molecule has 0 saturated heterocycles. The molecule has 2 aromatic rings. The van der Waals surface area contributed by atoms with Gasteiger partial charge in [-0.3, -0.25) is 0 Å². The number of rotatable bonds is 4. The zero-order chi connectivity index (χ0) is 12.3. The lowest BCUT2D eigenvalue weighted by atomic mass is 9.79. The fraction of sp³-hybridized carbons (Fsp3) is 0.286. The molecule has 2 nitrogen and oxygen atoms in total. The molecule has 0 amide bonds. The number of nitrogens with two attached hydrogens (primary N) is 1. The van der Waals surface area contributed by atoms with Gasteiger partial charge in [0.2, 0.25) is 0 Å². The van der Waals surface area contributed by atoms with E-state index in [0.717, 1.165) is 16.7 Å². The average Bonchev–Trinajstić information content (AvgIpc) is 2.82. The summed E-state index contributed by atoms with van der Waals surface area (Å²) in [5.41, 5.74) is 7.07. The molecule has 0 radical (unpaired) electrons. The van der Waals surface area contributed by atoms with E-state index < -0.39 is 0 Å². The highest BCUT2D eigenvalue weighted by Crippen LogP contribution is 2.32. The van der Waals surface area contributed by atoms with Crippen molar-refractivity contribution in [3.8, 4) is 0 Å². The molecule has 0 aliphatic carbocycles. The normalized spacial score (nSPS) is 14.5.